The maximum absolute atomic E-state index is 7.43. The van der Waals surface area contributed by atoms with Crippen LogP contribution in [0.2, 0.25) is 0 Å². The molecule has 2 rings (SSSR count). The number of halogens is 2. The third-order valence-corrected chi connectivity index (χ3v) is 3.71. The molecule has 0 bridgehead atoms. The van der Waals surface area contributed by atoms with Gasteiger partial charge < -0.3 is 14.2 Å². The summed E-state index contributed by atoms with van der Waals surface area (Å²) in [7, 11) is 1.60. The van der Waals surface area contributed by atoms with E-state index in [4.69, 9.17) is 42.8 Å². The predicted octanol–water partition coefficient (Wildman–Crippen LogP) is 4.61. The van der Waals surface area contributed by atoms with Crippen molar-refractivity contribution in [2.75, 3.05) is 13.7 Å². The highest BCUT2D eigenvalue weighted by molar-refractivity contribution is 6.53. The fourth-order valence-corrected chi connectivity index (χ4v) is 2.19. The molecule has 0 atom stereocenters. The van der Waals surface area contributed by atoms with Crippen LogP contribution >= 0.6 is 23.2 Å². The highest BCUT2D eigenvalue weighted by atomic mass is 35.5. The molecule has 0 aromatic heterocycles. The Bertz CT molecular complexity index is 663. The van der Waals surface area contributed by atoms with E-state index in [1.807, 2.05) is 48.5 Å². The molecular weight excluding hydrogens is 349 g/mol. The van der Waals surface area contributed by atoms with Gasteiger partial charge in [-0.25, -0.2) is 0 Å². The van der Waals surface area contributed by atoms with Gasteiger partial charge in [-0.3, -0.25) is 5.41 Å². The third kappa shape index (κ3) is 5.62. The number of rotatable bonds is 8. The molecule has 24 heavy (non-hydrogen) atoms. The van der Waals surface area contributed by atoms with Gasteiger partial charge in [0.2, 0.25) is 5.90 Å². The van der Waals surface area contributed by atoms with E-state index in [2.05, 4.69) is 0 Å². The Morgan fingerprint density at radius 2 is 1.79 bits per heavy atom. The molecule has 4 nitrogen and oxygen atoms in total. The largest absolute Gasteiger partial charge is 0.493 e. The highest BCUT2D eigenvalue weighted by Crippen LogP contribution is 2.29. The number of hydrogen-bond donors (Lipinski definition) is 1. The lowest BCUT2D eigenvalue weighted by molar-refractivity contribution is 0.283. The van der Waals surface area contributed by atoms with Crippen molar-refractivity contribution in [1.29, 1.82) is 5.41 Å². The molecule has 0 spiro atoms. The zero-order valence-electron chi connectivity index (χ0n) is 13.3. The van der Waals surface area contributed by atoms with Crippen LogP contribution < -0.4 is 9.47 Å². The van der Waals surface area contributed by atoms with Crippen molar-refractivity contribution in [3.63, 3.8) is 0 Å². The van der Waals surface area contributed by atoms with Crippen molar-refractivity contribution in [2.24, 2.45) is 0 Å². The fourth-order valence-electron chi connectivity index (χ4n) is 2.06. The highest BCUT2D eigenvalue weighted by Gasteiger charge is 2.09. The number of alkyl halides is 2. The third-order valence-electron chi connectivity index (χ3n) is 3.31. The topological polar surface area (TPSA) is 51.5 Å². The minimum absolute atomic E-state index is 0.145. The molecule has 2 aromatic rings. The molecule has 0 amide bonds. The van der Waals surface area contributed by atoms with Crippen LogP contribution in [0.3, 0.4) is 0 Å². The van der Waals surface area contributed by atoms with Crippen molar-refractivity contribution in [2.45, 2.75) is 17.9 Å². The van der Waals surface area contributed by atoms with Gasteiger partial charge in [0.25, 0.3) is 0 Å². The summed E-state index contributed by atoms with van der Waals surface area (Å²) in [4.78, 5) is -0.937. The molecule has 0 saturated carbocycles. The Labute approximate surface area is 151 Å². The summed E-state index contributed by atoms with van der Waals surface area (Å²) in [5.74, 6) is 1.19. The van der Waals surface area contributed by atoms with E-state index in [1.165, 1.54) is 0 Å². The zero-order chi connectivity index (χ0) is 17.4. The molecule has 0 aliphatic carbocycles. The Kier molecular flexibility index (Phi) is 7.22. The number of nitrogens with one attached hydrogen (secondary N) is 1. The van der Waals surface area contributed by atoms with Crippen LogP contribution in [-0.2, 0) is 17.8 Å². The second-order valence-corrected chi connectivity index (χ2v) is 6.12. The maximum Gasteiger partial charge on any atom is 0.214 e. The van der Waals surface area contributed by atoms with E-state index in [0.29, 0.717) is 31.1 Å². The molecule has 0 heterocycles. The average molecular weight is 368 g/mol. The van der Waals surface area contributed by atoms with Crippen LogP contribution in [0.1, 0.15) is 11.1 Å². The van der Waals surface area contributed by atoms with Crippen LogP contribution in [0.4, 0.5) is 0 Å². The van der Waals surface area contributed by atoms with E-state index >= 15 is 0 Å². The van der Waals surface area contributed by atoms with E-state index in [1.54, 1.807) is 7.11 Å². The van der Waals surface area contributed by atoms with Gasteiger partial charge in [0.1, 0.15) is 6.61 Å². The Balaban J connectivity index is 1.93. The van der Waals surface area contributed by atoms with E-state index in [9.17, 15) is 0 Å². The van der Waals surface area contributed by atoms with Gasteiger partial charge in [0, 0.05) is 6.42 Å². The molecule has 0 aliphatic rings. The van der Waals surface area contributed by atoms with Crippen molar-refractivity contribution in [1.82, 2.24) is 0 Å². The van der Waals surface area contributed by atoms with Crippen LogP contribution in [0, 0.1) is 5.41 Å². The van der Waals surface area contributed by atoms with E-state index < -0.39 is 4.84 Å². The van der Waals surface area contributed by atoms with Crippen LogP contribution in [0.25, 0.3) is 0 Å². The van der Waals surface area contributed by atoms with Gasteiger partial charge in [-0.1, -0.05) is 59.6 Å². The monoisotopic (exact) mass is 367 g/mol. The predicted molar refractivity (Wildman–Crippen MR) is 96.6 cm³/mol. The molecule has 0 radical (unpaired) electrons. The first-order chi connectivity index (χ1) is 11.6. The van der Waals surface area contributed by atoms with Crippen molar-refractivity contribution in [3.05, 3.63) is 59.7 Å². The van der Waals surface area contributed by atoms with Gasteiger partial charge in [0.05, 0.1) is 13.7 Å². The summed E-state index contributed by atoms with van der Waals surface area (Å²) < 4.78 is 16.4. The first-order valence-corrected chi connectivity index (χ1v) is 8.30. The van der Waals surface area contributed by atoms with Crippen LogP contribution in [-0.4, -0.2) is 24.5 Å². The van der Waals surface area contributed by atoms with Crippen molar-refractivity contribution >= 4 is 29.1 Å². The lowest BCUT2D eigenvalue weighted by atomic mass is 10.1. The number of hydrogen-bond acceptors (Lipinski definition) is 4. The first-order valence-electron chi connectivity index (χ1n) is 7.43. The second kappa shape index (κ2) is 9.40. The summed E-state index contributed by atoms with van der Waals surface area (Å²) in [5, 5.41) is 7.43. The average Bonchev–Trinajstić information content (AvgIpc) is 2.61. The number of methoxy groups -OCH3 is 1. The summed E-state index contributed by atoms with van der Waals surface area (Å²) in [5.41, 5.74) is 2.10. The Morgan fingerprint density at radius 3 is 2.46 bits per heavy atom. The van der Waals surface area contributed by atoms with E-state index in [0.717, 1.165) is 11.1 Å². The summed E-state index contributed by atoms with van der Waals surface area (Å²) in [6.45, 7) is 0.797. The van der Waals surface area contributed by atoms with Crippen LogP contribution in [0.5, 0.6) is 11.5 Å². The molecule has 0 aliphatic heterocycles. The molecular formula is C18H19Cl2NO3. The minimum Gasteiger partial charge on any atom is -0.493 e. The van der Waals surface area contributed by atoms with Crippen molar-refractivity contribution in [3.8, 4) is 11.5 Å². The fraction of sp³-hybridized carbons (Fsp3) is 0.278. The maximum atomic E-state index is 7.43. The lowest BCUT2D eigenvalue weighted by Crippen LogP contribution is -2.13. The Hall–Kier alpha value is -1.91. The van der Waals surface area contributed by atoms with Crippen LogP contribution in [0.15, 0.2) is 48.5 Å². The molecule has 0 saturated heterocycles. The van der Waals surface area contributed by atoms with E-state index in [-0.39, 0.29) is 5.90 Å². The van der Waals surface area contributed by atoms with Gasteiger partial charge >= 0.3 is 0 Å². The zero-order valence-corrected chi connectivity index (χ0v) is 14.8. The number of benzene rings is 2. The number of ether oxygens (including phenoxy) is 3. The minimum atomic E-state index is -0.937. The second-order valence-electron chi connectivity index (χ2n) is 5.02. The quantitative estimate of drug-likeness (QED) is 0.420. The van der Waals surface area contributed by atoms with Gasteiger partial charge in [0.15, 0.2) is 16.3 Å². The molecule has 0 unspecified atom stereocenters. The van der Waals surface area contributed by atoms with Gasteiger partial charge in [-0.2, -0.15) is 0 Å². The molecule has 6 heteroatoms. The molecule has 2 aromatic carbocycles. The lowest BCUT2D eigenvalue weighted by Gasteiger charge is -2.13. The van der Waals surface area contributed by atoms with Gasteiger partial charge in [-0.15, -0.1) is 0 Å². The summed E-state index contributed by atoms with van der Waals surface area (Å²) >= 11 is 11.1. The summed E-state index contributed by atoms with van der Waals surface area (Å²) in [6, 6.07) is 15.6. The van der Waals surface area contributed by atoms with Gasteiger partial charge in [-0.05, 0) is 23.3 Å². The standard InChI is InChI=1S/C18H19Cl2NO3/c1-22-16-11-13(9-10-23-18(21)17(19)20)7-8-15(16)24-12-14-5-3-2-4-6-14/h2-8,11,17,21H,9-10,12H2,1H3. The SMILES string of the molecule is COc1cc(CCOC(=N)C(Cl)Cl)ccc1OCc1ccccc1. The molecule has 128 valence electrons. The smallest absolute Gasteiger partial charge is 0.214 e. The molecule has 1 N–H and O–H groups in total. The van der Waals surface area contributed by atoms with Crippen molar-refractivity contribution < 1.29 is 14.2 Å². The first kappa shape index (κ1) is 18.4. The molecule has 0 fully saturated rings. The Morgan fingerprint density at radius 1 is 1.04 bits per heavy atom. The summed E-state index contributed by atoms with van der Waals surface area (Å²) in [6.07, 6.45) is 0.609. The normalized spacial score (nSPS) is 10.5.